The highest BCUT2D eigenvalue weighted by molar-refractivity contribution is 5.68. The third-order valence-corrected chi connectivity index (χ3v) is 1.39. The van der Waals surface area contributed by atoms with E-state index in [1.165, 1.54) is 7.11 Å². The standard InChI is InChI=1S/C5H8N2.C3H7NO.CN.H2/c1-4-5(2)7-3-6-4;1-3(4)5-2;1-2;/h3H,1-2H3,(H,6,7);4H,1-2H3;;1H/q;;-1;/i;;;1+1. The molecule has 0 amide bonds. The fraction of sp³-hybridized carbons (Fsp3) is 0.444. The molecule has 0 unspecified atom stereocenters. The fourth-order valence-corrected chi connectivity index (χ4v) is 0.427. The Balaban J connectivity index is -0.000000162. The summed E-state index contributed by atoms with van der Waals surface area (Å²) in [5.74, 6) is 0.255. The molecule has 1 heterocycles. The zero-order valence-electron chi connectivity index (χ0n) is 8.88. The van der Waals surface area contributed by atoms with Crippen LogP contribution in [0.25, 0.3) is 0 Å². The maximum absolute atomic E-state index is 6.52. The molecule has 0 aliphatic rings. The van der Waals surface area contributed by atoms with Crippen molar-refractivity contribution in [3.63, 3.8) is 0 Å². The lowest BCUT2D eigenvalue weighted by atomic mass is 10.4. The minimum Gasteiger partial charge on any atom is -0.512 e. The predicted octanol–water partition coefficient (Wildman–Crippen LogP) is 2.00. The summed E-state index contributed by atoms with van der Waals surface area (Å²) in [6.45, 7) is 10.3. The maximum atomic E-state index is 6.52. The second kappa shape index (κ2) is 9.26. The van der Waals surface area contributed by atoms with Crippen LogP contribution in [0.1, 0.15) is 19.7 Å². The zero-order chi connectivity index (χ0) is 11.6. The van der Waals surface area contributed by atoms with Crippen molar-refractivity contribution in [2.75, 3.05) is 7.11 Å². The molecule has 0 aromatic carbocycles. The summed E-state index contributed by atoms with van der Waals surface area (Å²) in [6, 6.07) is 0. The molecule has 1 rings (SSSR count). The Labute approximate surface area is 85.7 Å². The minimum atomic E-state index is 0. The van der Waals surface area contributed by atoms with Crippen molar-refractivity contribution < 1.29 is 6.16 Å². The average Bonchev–Trinajstić information content (AvgIpc) is 2.55. The van der Waals surface area contributed by atoms with Gasteiger partial charge in [-0.1, -0.05) is 0 Å². The topological polar surface area (TPSA) is 85.5 Å². The van der Waals surface area contributed by atoms with Crippen molar-refractivity contribution in [1.29, 1.82) is 10.7 Å². The van der Waals surface area contributed by atoms with E-state index in [1.54, 1.807) is 13.3 Å². The second-order valence-electron chi connectivity index (χ2n) is 2.37. The van der Waals surface area contributed by atoms with Crippen LogP contribution in [0.15, 0.2) is 6.33 Å². The summed E-state index contributed by atoms with van der Waals surface area (Å²) in [5, 5.41) is 12.8. The molecule has 0 aliphatic heterocycles. The Bertz CT molecular complexity index is 266. The molecule has 0 aliphatic carbocycles. The first-order valence-corrected chi connectivity index (χ1v) is 3.86. The highest BCUT2D eigenvalue weighted by Gasteiger charge is 1.87. The Morgan fingerprint density at radius 3 is 2.14 bits per heavy atom. The van der Waals surface area contributed by atoms with Gasteiger partial charge in [-0.2, -0.15) is 0 Å². The molecule has 0 radical (unpaired) electrons. The van der Waals surface area contributed by atoms with E-state index in [9.17, 15) is 0 Å². The minimum absolute atomic E-state index is 0. The molecule has 5 heteroatoms. The number of H-pyrrole nitrogens is 1. The summed E-state index contributed by atoms with van der Waals surface area (Å²) >= 11 is 0. The normalized spacial score (nSPS) is 7.29. The van der Waals surface area contributed by atoms with E-state index < -0.39 is 0 Å². The smallest absolute Gasteiger partial charge is 0.176 e. The van der Waals surface area contributed by atoms with Gasteiger partial charge in [0.1, 0.15) is 0 Å². The Morgan fingerprint density at radius 2 is 2.07 bits per heavy atom. The number of methoxy groups -OCH3 is 1. The van der Waals surface area contributed by atoms with Gasteiger partial charge in [0.05, 0.1) is 19.1 Å². The summed E-state index contributed by atoms with van der Waals surface area (Å²) in [7, 11) is 1.47. The summed E-state index contributed by atoms with van der Waals surface area (Å²) in [5.41, 5.74) is 2.24. The highest BCUT2D eigenvalue weighted by atomic mass is 16.5. The number of hydrogen-bond donors (Lipinski definition) is 2. The summed E-state index contributed by atoms with van der Waals surface area (Å²) in [6.07, 6.45) is 1.70. The van der Waals surface area contributed by atoms with Crippen LogP contribution in [0.5, 0.6) is 0 Å². The van der Waals surface area contributed by atoms with Crippen molar-refractivity contribution >= 4 is 5.90 Å². The van der Waals surface area contributed by atoms with Gasteiger partial charge in [0, 0.05) is 14.0 Å². The van der Waals surface area contributed by atoms with Gasteiger partial charge in [-0.25, -0.2) is 4.98 Å². The van der Waals surface area contributed by atoms with Gasteiger partial charge >= 0.3 is 0 Å². The van der Waals surface area contributed by atoms with E-state index in [0.29, 0.717) is 0 Å². The van der Waals surface area contributed by atoms with Crippen molar-refractivity contribution in [2.45, 2.75) is 20.8 Å². The first-order valence-electron chi connectivity index (χ1n) is 3.86. The predicted molar refractivity (Wildman–Crippen MR) is 55.6 cm³/mol. The van der Waals surface area contributed by atoms with Crippen LogP contribution in [0, 0.1) is 31.1 Å². The number of nitrogens with zero attached hydrogens (tertiary/aromatic N) is 2. The molecule has 0 spiro atoms. The van der Waals surface area contributed by atoms with Crippen LogP contribution in [0.2, 0.25) is 0 Å². The second-order valence-corrected chi connectivity index (χ2v) is 2.37. The van der Waals surface area contributed by atoms with Crippen LogP contribution < -0.4 is 0 Å². The average molecular weight is 198 g/mol. The number of ether oxygens (including phenoxy) is 1. The molecule has 80 valence electrons. The van der Waals surface area contributed by atoms with E-state index in [1.807, 2.05) is 13.8 Å². The van der Waals surface area contributed by atoms with Crippen LogP contribution in [-0.4, -0.2) is 23.0 Å². The van der Waals surface area contributed by atoms with Gasteiger partial charge in [0.2, 0.25) is 0 Å². The van der Waals surface area contributed by atoms with E-state index in [-0.39, 0.29) is 7.32 Å². The molecular formula is C9H17N4O-. The first kappa shape index (κ1) is 14.7. The van der Waals surface area contributed by atoms with Crippen molar-refractivity contribution in [3.05, 3.63) is 24.3 Å². The molecule has 1 aromatic heterocycles. The Morgan fingerprint density at radius 1 is 1.64 bits per heavy atom. The van der Waals surface area contributed by atoms with Gasteiger partial charge in [0.25, 0.3) is 0 Å². The van der Waals surface area contributed by atoms with Gasteiger partial charge in [0.15, 0.2) is 5.90 Å². The maximum Gasteiger partial charge on any atom is 0.176 e. The van der Waals surface area contributed by atoms with Gasteiger partial charge in [-0.15, -0.1) is 0 Å². The number of rotatable bonds is 0. The number of aryl methyl sites for hydroxylation is 2. The third kappa shape index (κ3) is 8.27. The van der Waals surface area contributed by atoms with Gasteiger partial charge < -0.3 is 21.6 Å². The van der Waals surface area contributed by atoms with Crippen molar-refractivity contribution in [3.8, 4) is 0 Å². The first-order chi connectivity index (χ1) is 6.57. The molecule has 0 fully saturated rings. The zero-order valence-corrected chi connectivity index (χ0v) is 8.88. The lowest BCUT2D eigenvalue weighted by Gasteiger charge is -1.85. The number of nitrogens with one attached hydrogen (secondary N) is 2. The molecular weight excluding hydrogens is 180 g/mol. The van der Waals surface area contributed by atoms with E-state index in [0.717, 1.165) is 11.4 Å². The Kier molecular flexibility index (Phi) is 9.71. The van der Waals surface area contributed by atoms with Crippen LogP contribution in [-0.2, 0) is 4.74 Å². The molecule has 1 aromatic rings. The number of aromatic amines is 1. The van der Waals surface area contributed by atoms with Crippen molar-refractivity contribution in [1.82, 2.24) is 9.97 Å². The van der Waals surface area contributed by atoms with E-state index >= 15 is 0 Å². The molecule has 0 saturated carbocycles. The molecule has 0 saturated heterocycles. The van der Waals surface area contributed by atoms with E-state index in [2.05, 4.69) is 14.7 Å². The largest absolute Gasteiger partial charge is 0.512 e. The molecule has 14 heavy (non-hydrogen) atoms. The molecule has 5 nitrogen and oxygen atoms in total. The highest BCUT2D eigenvalue weighted by Crippen LogP contribution is 1.94. The number of aromatic nitrogens is 2. The fourth-order valence-electron chi connectivity index (χ4n) is 0.427. The quantitative estimate of drug-likeness (QED) is 0.380. The molecule has 0 atom stereocenters. The lowest BCUT2D eigenvalue weighted by molar-refractivity contribution is 0.396. The van der Waals surface area contributed by atoms with Crippen LogP contribution in [0.4, 0.5) is 0 Å². The van der Waals surface area contributed by atoms with Crippen LogP contribution >= 0.6 is 0 Å². The third-order valence-electron chi connectivity index (χ3n) is 1.39. The summed E-state index contributed by atoms with van der Waals surface area (Å²) < 4.78 is 4.33. The monoisotopic (exact) mass is 198 g/mol. The number of hydrogen-bond acceptors (Lipinski definition) is 4. The molecule has 2 N–H and O–H groups in total. The number of imidazole rings is 1. The van der Waals surface area contributed by atoms with Crippen LogP contribution in [0.3, 0.4) is 0 Å². The lowest BCUT2D eigenvalue weighted by Crippen LogP contribution is -1.87. The van der Waals surface area contributed by atoms with Gasteiger partial charge in [-0.3, -0.25) is 5.41 Å². The molecule has 0 bridgehead atoms. The summed E-state index contributed by atoms with van der Waals surface area (Å²) in [4.78, 5) is 6.92. The van der Waals surface area contributed by atoms with Gasteiger partial charge in [-0.05, 0) is 13.8 Å². The SMILES string of the molecule is COC(C)=N.Cc1nc[nH]c1C.[2HH].[C-]#N. The van der Waals surface area contributed by atoms with Crippen molar-refractivity contribution in [2.24, 2.45) is 0 Å². The van der Waals surface area contributed by atoms with E-state index in [4.69, 9.17) is 17.2 Å². The Hall–Kier alpha value is -1.83.